The lowest BCUT2D eigenvalue weighted by Crippen LogP contribution is -2.25. The van der Waals surface area contributed by atoms with Gasteiger partial charge in [-0.1, -0.05) is 5.10 Å². The van der Waals surface area contributed by atoms with Crippen LogP contribution >= 0.6 is 0 Å². The number of nitrogens with one attached hydrogen (secondary N) is 1. The SMILES string of the molecule is CCN(CC1CC1)c1nnc(C(C)NC)o1. The van der Waals surface area contributed by atoms with E-state index in [0.29, 0.717) is 11.9 Å². The number of hydrogen-bond donors (Lipinski definition) is 1. The maximum Gasteiger partial charge on any atom is 0.318 e. The van der Waals surface area contributed by atoms with Gasteiger partial charge in [0, 0.05) is 13.1 Å². The fourth-order valence-electron chi connectivity index (χ4n) is 1.61. The molecule has 1 aromatic rings. The maximum atomic E-state index is 5.66. The predicted octanol–water partition coefficient (Wildman–Crippen LogP) is 1.59. The molecule has 0 aliphatic heterocycles. The second-order valence-electron chi connectivity index (χ2n) is 4.42. The maximum absolute atomic E-state index is 5.66. The molecule has 0 amide bonds. The van der Waals surface area contributed by atoms with E-state index >= 15 is 0 Å². The van der Waals surface area contributed by atoms with Gasteiger partial charge in [0.1, 0.15) is 0 Å². The average molecular weight is 224 g/mol. The van der Waals surface area contributed by atoms with Gasteiger partial charge in [-0.3, -0.25) is 0 Å². The molecule has 1 aliphatic carbocycles. The molecule has 1 heterocycles. The topological polar surface area (TPSA) is 54.2 Å². The first kappa shape index (κ1) is 11.4. The Hall–Kier alpha value is -1.10. The molecule has 2 rings (SSSR count). The third-order valence-corrected chi connectivity index (χ3v) is 3.06. The van der Waals surface area contributed by atoms with Crippen LogP contribution < -0.4 is 10.2 Å². The minimum atomic E-state index is 0.112. The normalized spacial score (nSPS) is 17.4. The molecule has 0 aromatic carbocycles. The van der Waals surface area contributed by atoms with Gasteiger partial charge in [0.15, 0.2) is 0 Å². The minimum absolute atomic E-state index is 0.112. The van der Waals surface area contributed by atoms with Crippen molar-refractivity contribution in [1.82, 2.24) is 15.5 Å². The first-order chi connectivity index (χ1) is 7.74. The molecular formula is C11H20N4O. The van der Waals surface area contributed by atoms with Crippen LogP contribution in [0.5, 0.6) is 0 Å². The lowest BCUT2D eigenvalue weighted by atomic mass is 10.3. The summed E-state index contributed by atoms with van der Waals surface area (Å²) in [5, 5.41) is 11.3. The number of aromatic nitrogens is 2. The van der Waals surface area contributed by atoms with Crippen molar-refractivity contribution in [3.63, 3.8) is 0 Å². The van der Waals surface area contributed by atoms with Crippen LogP contribution in [0.15, 0.2) is 4.42 Å². The van der Waals surface area contributed by atoms with Gasteiger partial charge in [0.05, 0.1) is 6.04 Å². The molecule has 0 radical (unpaired) electrons. The molecular weight excluding hydrogens is 204 g/mol. The highest BCUT2D eigenvalue weighted by Gasteiger charge is 2.26. The van der Waals surface area contributed by atoms with Gasteiger partial charge in [-0.05, 0) is 39.7 Å². The Morgan fingerprint density at radius 2 is 2.25 bits per heavy atom. The van der Waals surface area contributed by atoms with E-state index in [4.69, 9.17) is 4.42 Å². The molecule has 1 aliphatic rings. The largest absolute Gasteiger partial charge is 0.406 e. The predicted molar refractivity (Wildman–Crippen MR) is 62.4 cm³/mol. The van der Waals surface area contributed by atoms with E-state index in [1.165, 1.54) is 12.8 Å². The van der Waals surface area contributed by atoms with Crippen LogP contribution in [0.1, 0.15) is 38.6 Å². The second kappa shape index (κ2) is 4.82. The summed E-state index contributed by atoms with van der Waals surface area (Å²) in [5.41, 5.74) is 0. The van der Waals surface area contributed by atoms with E-state index in [9.17, 15) is 0 Å². The van der Waals surface area contributed by atoms with Crippen LogP contribution in [0.4, 0.5) is 6.01 Å². The fourth-order valence-corrected chi connectivity index (χ4v) is 1.61. The van der Waals surface area contributed by atoms with Crippen LogP contribution in [0.2, 0.25) is 0 Å². The number of nitrogens with zero attached hydrogens (tertiary/aromatic N) is 3. The van der Waals surface area contributed by atoms with Crippen LogP contribution in [0, 0.1) is 5.92 Å². The van der Waals surface area contributed by atoms with Gasteiger partial charge in [0.2, 0.25) is 5.89 Å². The Labute approximate surface area is 96.2 Å². The first-order valence-electron chi connectivity index (χ1n) is 6.00. The summed E-state index contributed by atoms with van der Waals surface area (Å²) in [4.78, 5) is 2.16. The lowest BCUT2D eigenvalue weighted by molar-refractivity contribution is 0.428. The summed E-state index contributed by atoms with van der Waals surface area (Å²) in [6.45, 7) is 6.10. The van der Waals surface area contributed by atoms with Gasteiger partial charge < -0.3 is 14.6 Å². The summed E-state index contributed by atoms with van der Waals surface area (Å²) < 4.78 is 5.66. The van der Waals surface area contributed by atoms with Gasteiger partial charge in [-0.25, -0.2) is 0 Å². The van der Waals surface area contributed by atoms with E-state index in [1.54, 1.807) is 0 Å². The molecule has 1 saturated carbocycles. The van der Waals surface area contributed by atoms with Crippen LogP contribution in [-0.4, -0.2) is 30.3 Å². The number of rotatable bonds is 6. The molecule has 90 valence electrons. The molecule has 5 nitrogen and oxygen atoms in total. The van der Waals surface area contributed by atoms with Crippen molar-refractivity contribution in [1.29, 1.82) is 0 Å². The molecule has 0 bridgehead atoms. The Bertz CT molecular complexity index is 334. The summed E-state index contributed by atoms with van der Waals surface area (Å²) in [6, 6.07) is 0.771. The van der Waals surface area contributed by atoms with Crippen molar-refractivity contribution in [3.05, 3.63) is 5.89 Å². The monoisotopic (exact) mass is 224 g/mol. The first-order valence-corrected chi connectivity index (χ1v) is 6.00. The number of hydrogen-bond acceptors (Lipinski definition) is 5. The summed E-state index contributed by atoms with van der Waals surface area (Å²) in [5.74, 6) is 1.49. The Morgan fingerprint density at radius 3 is 2.81 bits per heavy atom. The lowest BCUT2D eigenvalue weighted by Gasteiger charge is -2.17. The zero-order valence-electron chi connectivity index (χ0n) is 10.2. The van der Waals surface area contributed by atoms with Gasteiger partial charge in [-0.15, -0.1) is 5.10 Å². The van der Waals surface area contributed by atoms with Gasteiger partial charge >= 0.3 is 6.01 Å². The van der Waals surface area contributed by atoms with Crippen molar-refractivity contribution < 1.29 is 4.42 Å². The van der Waals surface area contributed by atoms with E-state index in [1.807, 2.05) is 14.0 Å². The summed E-state index contributed by atoms with van der Waals surface area (Å²) >= 11 is 0. The Morgan fingerprint density at radius 1 is 1.50 bits per heavy atom. The zero-order valence-corrected chi connectivity index (χ0v) is 10.2. The zero-order chi connectivity index (χ0) is 11.5. The molecule has 1 N–H and O–H groups in total. The molecule has 16 heavy (non-hydrogen) atoms. The van der Waals surface area contributed by atoms with E-state index in [0.717, 1.165) is 19.0 Å². The summed E-state index contributed by atoms with van der Waals surface area (Å²) in [7, 11) is 1.89. The Balaban J connectivity index is 2.02. The van der Waals surface area contributed by atoms with Crippen molar-refractivity contribution >= 4 is 6.01 Å². The molecule has 1 fully saturated rings. The average Bonchev–Trinajstić information content (AvgIpc) is 3.00. The minimum Gasteiger partial charge on any atom is -0.406 e. The molecule has 5 heteroatoms. The molecule has 0 saturated heterocycles. The van der Waals surface area contributed by atoms with Gasteiger partial charge in [0.25, 0.3) is 0 Å². The van der Waals surface area contributed by atoms with E-state index in [-0.39, 0.29) is 6.04 Å². The van der Waals surface area contributed by atoms with E-state index < -0.39 is 0 Å². The highest BCUT2D eigenvalue weighted by Crippen LogP contribution is 2.31. The van der Waals surface area contributed by atoms with Crippen LogP contribution in [0.3, 0.4) is 0 Å². The van der Waals surface area contributed by atoms with Crippen molar-refractivity contribution in [3.8, 4) is 0 Å². The number of anilines is 1. The molecule has 1 aromatic heterocycles. The van der Waals surface area contributed by atoms with Gasteiger partial charge in [-0.2, -0.15) is 0 Å². The quantitative estimate of drug-likeness (QED) is 0.795. The molecule has 1 atom stereocenters. The summed E-state index contributed by atoms with van der Waals surface area (Å²) in [6.07, 6.45) is 2.68. The molecule has 1 unspecified atom stereocenters. The third kappa shape index (κ3) is 2.52. The van der Waals surface area contributed by atoms with Crippen molar-refractivity contribution in [2.45, 2.75) is 32.7 Å². The van der Waals surface area contributed by atoms with Crippen molar-refractivity contribution in [2.75, 3.05) is 25.0 Å². The van der Waals surface area contributed by atoms with Crippen LogP contribution in [-0.2, 0) is 0 Å². The highest BCUT2D eigenvalue weighted by atomic mass is 16.4. The standard InChI is InChI=1S/C11H20N4O/c1-4-15(7-9-5-6-9)11-14-13-10(16-11)8(2)12-3/h8-9,12H,4-7H2,1-3H3. The Kier molecular flexibility index (Phi) is 3.43. The fraction of sp³-hybridized carbons (Fsp3) is 0.818. The van der Waals surface area contributed by atoms with E-state index in [2.05, 4.69) is 27.3 Å². The third-order valence-electron chi connectivity index (χ3n) is 3.06. The molecule has 0 spiro atoms. The van der Waals surface area contributed by atoms with Crippen molar-refractivity contribution in [2.24, 2.45) is 5.92 Å². The highest BCUT2D eigenvalue weighted by molar-refractivity contribution is 5.24. The second-order valence-corrected chi connectivity index (χ2v) is 4.42. The smallest absolute Gasteiger partial charge is 0.318 e. The van der Waals surface area contributed by atoms with Crippen LogP contribution in [0.25, 0.3) is 0 Å².